The second-order valence-corrected chi connectivity index (χ2v) is 24.1. The maximum absolute atomic E-state index is 12.6. The lowest BCUT2D eigenvalue weighted by molar-refractivity contribution is 0.599. The van der Waals surface area contributed by atoms with Crippen molar-refractivity contribution >= 4 is 74.5 Å². The molecule has 9 aromatic rings. The van der Waals surface area contributed by atoms with Crippen molar-refractivity contribution in [3.05, 3.63) is 210 Å². The first-order valence-electron chi connectivity index (χ1n) is 23.4. The lowest BCUT2D eigenvalue weighted by atomic mass is 10.0. The molecule has 2 heterocycles. The second-order valence-electron chi connectivity index (χ2n) is 18.3. The van der Waals surface area contributed by atoms with Gasteiger partial charge in [-0.25, -0.2) is 26.8 Å². The van der Waals surface area contributed by atoms with Crippen LogP contribution in [-0.2, 0) is 20.0 Å². The number of sulfonamides is 2. The zero-order valence-corrected chi connectivity index (χ0v) is 47.1. The lowest BCUT2D eigenvalue weighted by Gasteiger charge is -2.11. The molecule has 0 spiro atoms. The molecule has 376 valence electrons. The molecule has 9 rings (SSSR count). The Bertz CT molecular complexity index is 3280. The number of nitrogens with zero attached hydrogens (tertiary/aromatic N) is 2. The predicted octanol–water partition coefficient (Wildman–Crippen LogP) is 16.4. The van der Waals surface area contributed by atoms with Crippen LogP contribution in [0.1, 0.15) is 85.2 Å². The first kappa shape index (κ1) is 55.7. The van der Waals surface area contributed by atoms with Gasteiger partial charge in [0, 0.05) is 2.85 Å². The van der Waals surface area contributed by atoms with Crippen LogP contribution in [0.15, 0.2) is 137 Å². The van der Waals surface area contributed by atoms with Crippen molar-refractivity contribution in [1.82, 2.24) is 9.97 Å². The van der Waals surface area contributed by atoms with Crippen molar-refractivity contribution in [2.45, 2.75) is 114 Å². The Labute approximate surface area is 434 Å². The molecule has 0 fully saturated rings. The number of hydrogen-bond donors (Lipinski definition) is 2. The first-order valence-corrected chi connectivity index (χ1v) is 28.0. The number of benzene rings is 7. The highest BCUT2D eigenvalue weighted by molar-refractivity contribution is 7.93. The van der Waals surface area contributed by atoms with Gasteiger partial charge in [0.2, 0.25) is 0 Å². The number of nitrogens with one attached hydrogen (secondary N) is 2. The van der Waals surface area contributed by atoms with Crippen LogP contribution in [0.4, 0.5) is 11.4 Å². The predicted molar refractivity (Wildman–Crippen MR) is 308 cm³/mol. The van der Waals surface area contributed by atoms with E-state index in [4.69, 9.17) is 0 Å². The van der Waals surface area contributed by atoms with Crippen LogP contribution in [-0.4, -0.2) is 26.8 Å². The summed E-state index contributed by atoms with van der Waals surface area (Å²) in [4.78, 5) is 9.38. The minimum atomic E-state index is -3.59. The molecule has 0 aliphatic carbocycles. The van der Waals surface area contributed by atoms with Crippen molar-refractivity contribution in [1.29, 1.82) is 0 Å². The molecule has 8 nitrogen and oxygen atoms in total. The molecular formula is C59H72N4O4S4. The lowest BCUT2D eigenvalue weighted by Crippen LogP contribution is -2.14. The SMILES string of the molecule is Cc1cc(C)c(C)c(C)c1.Cc1cc(C)c(C)c(C)c1.Cc1ccc(C)c(S(=O)(=O)Nc2ccc3nc(C)sc3c2)c1.Cc1ccc(C)c(S(=O)(=O)Nc2ccc3nc(C)sc3c2)c1.Cc1ccccc1.[HH].[HH]. The van der Waals surface area contributed by atoms with E-state index in [9.17, 15) is 16.8 Å². The molecule has 0 aliphatic rings. The van der Waals surface area contributed by atoms with Crippen molar-refractivity contribution < 1.29 is 19.7 Å². The van der Waals surface area contributed by atoms with Gasteiger partial charge in [0.25, 0.3) is 20.0 Å². The Hall–Kier alpha value is -6.18. The zero-order valence-electron chi connectivity index (χ0n) is 43.8. The molecule has 0 aliphatic heterocycles. The fraction of sp³-hybridized carbons (Fsp3) is 0.254. The van der Waals surface area contributed by atoms with Gasteiger partial charge in [-0.1, -0.05) is 95.6 Å². The van der Waals surface area contributed by atoms with E-state index in [0.717, 1.165) is 52.7 Å². The van der Waals surface area contributed by atoms with Crippen molar-refractivity contribution in [3.63, 3.8) is 0 Å². The highest BCUT2D eigenvalue weighted by Crippen LogP contribution is 2.29. The summed E-state index contributed by atoms with van der Waals surface area (Å²) < 4.78 is 57.6. The minimum absolute atomic E-state index is 0. The van der Waals surface area contributed by atoms with E-state index < -0.39 is 20.0 Å². The van der Waals surface area contributed by atoms with E-state index in [0.29, 0.717) is 21.2 Å². The molecule has 2 N–H and O–H groups in total. The van der Waals surface area contributed by atoms with Crippen LogP contribution in [0.3, 0.4) is 0 Å². The third-order valence-electron chi connectivity index (χ3n) is 11.8. The average molecular weight is 1030 g/mol. The Morgan fingerprint density at radius 3 is 1.04 bits per heavy atom. The second kappa shape index (κ2) is 24.3. The summed E-state index contributed by atoms with van der Waals surface area (Å²) in [6.45, 7) is 30.6. The van der Waals surface area contributed by atoms with Gasteiger partial charge in [-0.3, -0.25) is 9.44 Å². The molecule has 0 saturated carbocycles. The van der Waals surface area contributed by atoms with Crippen LogP contribution in [0.25, 0.3) is 20.4 Å². The summed E-state index contributed by atoms with van der Waals surface area (Å²) in [5, 5.41) is 1.93. The fourth-order valence-electron chi connectivity index (χ4n) is 7.66. The van der Waals surface area contributed by atoms with Gasteiger partial charge in [-0.05, 0) is 208 Å². The number of aryl methyl sites for hydroxylation is 13. The summed E-state index contributed by atoms with van der Waals surface area (Å²) in [7, 11) is -7.19. The highest BCUT2D eigenvalue weighted by Gasteiger charge is 2.19. The van der Waals surface area contributed by atoms with E-state index in [1.807, 2.05) is 94.4 Å². The topological polar surface area (TPSA) is 118 Å². The molecule has 71 heavy (non-hydrogen) atoms. The van der Waals surface area contributed by atoms with E-state index in [1.165, 1.54) is 50.1 Å². The van der Waals surface area contributed by atoms with Crippen LogP contribution in [0.2, 0.25) is 0 Å². The zero-order chi connectivity index (χ0) is 52.4. The summed E-state index contributed by atoms with van der Waals surface area (Å²) in [5.41, 5.74) is 18.7. The Morgan fingerprint density at radius 1 is 0.366 bits per heavy atom. The molecule has 7 aromatic carbocycles. The van der Waals surface area contributed by atoms with Gasteiger partial charge >= 0.3 is 0 Å². The van der Waals surface area contributed by atoms with Crippen molar-refractivity contribution in [2.24, 2.45) is 0 Å². The molecular weight excluding hydrogens is 957 g/mol. The average Bonchev–Trinajstić information content (AvgIpc) is 3.86. The van der Waals surface area contributed by atoms with E-state index in [1.54, 1.807) is 60.8 Å². The number of hydrogen-bond acceptors (Lipinski definition) is 8. The third-order valence-corrected chi connectivity index (χ3v) is 16.8. The number of aromatic nitrogens is 2. The summed E-state index contributed by atoms with van der Waals surface area (Å²) in [6.07, 6.45) is 0. The van der Waals surface area contributed by atoms with Crippen LogP contribution in [0.5, 0.6) is 0 Å². The van der Waals surface area contributed by atoms with Gasteiger partial charge in [-0.2, -0.15) is 0 Å². The molecule has 2 aromatic heterocycles. The Morgan fingerprint density at radius 2 is 0.718 bits per heavy atom. The minimum Gasteiger partial charge on any atom is -0.280 e. The maximum atomic E-state index is 12.6. The summed E-state index contributed by atoms with van der Waals surface area (Å²) in [5.74, 6) is 0. The monoisotopic (exact) mass is 1030 g/mol. The highest BCUT2D eigenvalue weighted by atomic mass is 32.2. The molecule has 0 unspecified atom stereocenters. The molecule has 0 radical (unpaired) electrons. The normalized spacial score (nSPS) is 11.0. The van der Waals surface area contributed by atoms with Gasteiger partial charge in [0.15, 0.2) is 0 Å². The standard InChI is InChI=1S/2C16H16N2O2S2.2C10H14.C7H8.2H2/c2*1-10-4-5-11(2)16(8-10)22(19,20)18-13-6-7-14-15(9-13)21-12(3)17-14;2*1-7-5-8(2)10(4)9(3)6-7;1-7-5-3-2-4-6-7;;/h2*4-9,18H,1-3H3;2*5-6H,1-4H3;2-6H,1H3;2*1H. The van der Waals surface area contributed by atoms with Gasteiger partial charge < -0.3 is 0 Å². The van der Waals surface area contributed by atoms with Crippen molar-refractivity contribution in [2.75, 3.05) is 9.44 Å². The maximum Gasteiger partial charge on any atom is 0.262 e. The van der Waals surface area contributed by atoms with E-state index in [-0.39, 0.29) is 2.85 Å². The molecule has 0 saturated heterocycles. The Kier molecular flexibility index (Phi) is 19.1. The van der Waals surface area contributed by atoms with Gasteiger partial charge in [0.05, 0.1) is 51.6 Å². The molecule has 0 atom stereocenters. The van der Waals surface area contributed by atoms with Crippen LogP contribution >= 0.6 is 22.7 Å². The van der Waals surface area contributed by atoms with Crippen molar-refractivity contribution in [3.8, 4) is 0 Å². The number of fused-ring (bicyclic) bond motifs is 2. The fourth-order valence-corrected chi connectivity index (χ4v) is 12.2. The number of rotatable bonds is 6. The van der Waals surface area contributed by atoms with Gasteiger partial charge in [0.1, 0.15) is 0 Å². The molecule has 12 heteroatoms. The van der Waals surface area contributed by atoms with Crippen LogP contribution < -0.4 is 9.44 Å². The quantitative estimate of drug-likeness (QED) is 0.171. The number of thiazole rings is 2. The molecule has 0 bridgehead atoms. The summed E-state index contributed by atoms with van der Waals surface area (Å²) in [6, 6.07) is 40.8. The first-order chi connectivity index (χ1) is 33.3. The van der Waals surface area contributed by atoms with E-state index in [2.05, 4.69) is 118 Å². The third kappa shape index (κ3) is 15.9. The molecule has 0 amide bonds. The Balaban J connectivity index is 0.000000256. The largest absolute Gasteiger partial charge is 0.280 e. The smallest absolute Gasteiger partial charge is 0.262 e. The summed E-state index contributed by atoms with van der Waals surface area (Å²) >= 11 is 3.10. The van der Waals surface area contributed by atoms with Gasteiger partial charge in [-0.15, -0.1) is 22.7 Å². The van der Waals surface area contributed by atoms with Crippen LogP contribution in [0, 0.1) is 104 Å². The van der Waals surface area contributed by atoms with E-state index >= 15 is 0 Å². The number of anilines is 2.